The molecule has 0 aliphatic rings. The van der Waals surface area contributed by atoms with Gasteiger partial charge in [-0.25, -0.2) is 4.79 Å². The Kier molecular flexibility index (Phi) is 2.72. The molecule has 21 heavy (non-hydrogen) atoms. The fraction of sp³-hybridized carbons (Fsp3) is 0.0769. The van der Waals surface area contributed by atoms with Crippen LogP contribution in [0.25, 0.3) is 16.7 Å². The second-order valence-corrected chi connectivity index (χ2v) is 4.47. The van der Waals surface area contributed by atoms with Crippen LogP contribution in [0.1, 0.15) is 10.4 Å². The van der Waals surface area contributed by atoms with E-state index in [2.05, 4.69) is 10.1 Å². The van der Waals surface area contributed by atoms with Gasteiger partial charge in [0.1, 0.15) is 0 Å². The number of aromatic carboxylic acids is 1. The number of aromatic nitrogens is 4. The molecule has 1 aromatic carbocycles. The molecule has 0 bridgehead atoms. The van der Waals surface area contributed by atoms with Crippen molar-refractivity contribution in [2.75, 3.05) is 0 Å². The number of rotatable bonds is 2. The lowest BCUT2D eigenvalue weighted by atomic mass is 10.1. The molecule has 0 radical (unpaired) electrons. The number of hydrogen-bond donors (Lipinski definition) is 2. The van der Waals surface area contributed by atoms with E-state index < -0.39 is 17.1 Å². The normalized spacial score (nSPS) is 10.9. The predicted molar refractivity (Wildman–Crippen MR) is 73.9 cm³/mol. The zero-order valence-corrected chi connectivity index (χ0v) is 10.9. The first-order valence-corrected chi connectivity index (χ1v) is 5.99. The van der Waals surface area contributed by atoms with E-state index in [1.54, 1.807) is 7.05 Å². The molecular formula is C13H10N4O4. The van der Waals surface area contributed by atoms with Crippen LogP contribution in [-0.4, -0.2) is 30.4 Å². The van der Waals surface area contributed by atoms with E-state index in [1.807, 2.05) is 0 Å². The van der Waals surface area contributed by atoms with Crippen molar-refractivity contribution in [2.45, 2.75) is 0 Å². The largest absolute Gasteiger partial charge is 0.478 e. The number of carboxylic acids is 1. The zero-order chi connectivity index (χ0) is 15.1. The Morgan fingerprint density at radius 1 is 1.33 bits per heavy atom. The minimum atomic E-state index is -1.19. The molecule has 8 heteroatoms. The number of fused-ring (bicyclic) bond motifs is 1. The summed E-state index contributed by atoms with van der Waals surface area (Å²) in [5.74, 6) is -1.19. The number of nitrogens with zero attached hydrogens (tertiary/aromatic N) is 3. The molecule has 0 aliphatic carbocycles. The van der Waals surface area contributed by atoms with Crippen LogP contribution in [0.5, 0.6) is 0 Å². The number of aromatic amines is 1. The van der Waals surface area contributed by atoms with Crippen molar-refractivity contribution in [1.29, 1.82) is 0 Å². The molecule has 0 atom stereocenters. The summed E-state index contributed by atoms with van der Waals surface area (Å²) in [6, 6.07) is 4.41. The summed E-state index contributed by atoms with van der Waals surface area (Å²) in [4.78, 5) is 37.7. The molecule has 0 unspecified atom stereocenters. The molecule has 0 saturated carbocycles. The van der Waals surface area contributed by atoms with Crippen LogP contribution in [0.3, 0.4) is 0 Å². The van der Waals surface area contributed by atoms with E-state index >= 15 is 0 Å². The molecule has 3 rings (SSSR count). The second kappa shape index (κ2) is 4.44. The third-order valence-electron chi connectivity index (χ3n) is 3.09. The first-order valence-electron chi connectivity index (χ1n) is 5.99. The van der Waals surface area contributed by atoms with Crippen molar-refractivity contribution in [3.8, 4) is 5.69 Å². The number of benzene rings is 1. The van der Waals surface area contributed by atoms with E-state index in [4.69, 9.17) is 0 Å². The summed E-state index contributed by atoms with van der Waals surface area (Å²) in [5.41, 5.74) is -1.04. The smallest absolute Gasteiger partial charge is 0.337 e. The lowest BCUT2D eigenvalue weighted by molar-refractivity contribution is 0.0698. The van der Waals surface area contributed by atoms with E-state index in [0.717, 1.165) is 4.57 Å². The third kappa shape index (κ3) is 1.93. The average Bonchev–Trinajstić information content (AvgIpc) is 2.85. The fourth-order valence-corrected chi connectivity index (χ4v) is 2.21. The van der Waals surface area contributed by atoms with Crippen LogP contribution in [0.15, 0.2) is 40.2 Å². The Morgan fingerprint density at radius 2 is 2.10 bits per heavy atom. The quantitative estimate of drug-likeness (QED) is 0.650. The van der Waals surface area contributed by atoms with Crippen molar-refractivity contribution >= 4 is 17.0 Å². The molecule has 0 spiro atoms. The average molecular weight is 286 g/mol. The Bertz CT molecular complexity index is 980. The van der Waals surface area contributed by atoms with Gasteiger partial charge in [-0.2, -0.15) is 5.10 Å². The molecule has 2 aromatic heterocycles. The van der Waals surface area contributed by atoms with Gasteiger partial charge in [0, 0.05) is 13.2 Å². The van der Waals surface area contributed by atoms with Gasteiger partial charge < -0.3 is 10.1 Å². The molecular weight excluding hydrogens is 276 g/mol. The predicted octanol–water partition coefficient (Wildman–Crippen LogP) is 0.111. The molecule has 2 N–H and O–H groups in total. The number of H-pyrrole nitrogens is 1. The summed E-state index contributed by atoms with van der Waals surface area (Å²) in [7, 11) is 1.65. The molecule has 0 saturated heterocycles. The molecule has 2 heterocycles. The summed E-state index contributed by atoms with van der Waals surface area (Å²) in [5, 5.41) is 13.2. The highest BCUT2D eigenvalue weighted by molar-refractivity contribution is 6.01. The van der Waals surface area contributed by atoms with Crippen LogP contribution < -0.4 is 11.1 Å². The summed E-state index contributed by atoms with van der Waals surface area (Å²) in [6.45, 7) is 0. The van der Waals surface area contributed by atoms with Gasteiger partial charge in [0.2, 0.25) is 0 Å². The first kappa shape index (κ1) is 12.9. The second-order valence-electron chi connectivity index (χ2n) is 4.47. The van der Waals surface area contributed by atoms with Crippen LogP contribution in [-0.2, 0) is 7.05 Å². The number of nitrogens with one attached hydrogen (secondary N) is 1. The maximum atomic E-state index is 12.2. The Labute approximate surface area is 116 Å². The standard InChI is InChI=1S/C13H10N4O4/c1-16-6-7(5-14-16)17-10-8(13(20)21)3-2-4-9(10)15-11(18)12(17)19/h2-6H,1H3,(H,15,18)(H,20,21). The topological polar surface area (TPSA) is 110 Å². The van der Waals surface area contributed by atoms with E-state index in [-0.39, 0.29) is 16.6 Å². The van der Waals surface area contributed by atoms with E-state index in [0.29, 0.717) is 5.69 Å². The summed E-state index contributed by atoms with van der Waals surface area (Å²) >= 11 is 0. The Hall–Kier alpha value is -3.16. The van der Waals surface area contributed by atoms with Crippen molar-refractivity contribution in [3.05, 3.63) is 56.9 Å². The zero-order valence-electron chi connectivity index (χ0n) is 10.9. The van der Waals surface area contributed by atoms with Crippen molar-refractivity contribution in [2.24, 2.45) is 7.05 Å². The van der Waals surface area contributed by atoms with E-state index in [9.17, 15) is 19.5 Å². The van der Waals surface area contributed by atoms with Gasteiger partial charge in [-0.15, -0.1) is 0 Å². The minimum absolute atomic E-state index is 0.0790. The van der Waals surface area contributed by atoms with Gasteiger partial charge in [0.05, 0.1) is 28.5 Å². The molecule has 0 amide bonds. The monoisotopic (exact) mass is 286 g/mol. The number of para-hydroxylation sites is 1. The maximum absolute atomic E-state index is 12.2. The highest BCUT2D eigenvalue weighted by Gasteiger charge is 2.17. The van der Waals surface area contributed by atoms with Crippen molar-refractivity contribution in [1.82, 2.24) is 19.3 Å². The number of carboxylic acid groups (broad SMARTS) is 1. The molecule has 106 valence electrons. The van der Waals surface area contributed by atoms with Gasteiger partial charge in [-0.1, -0.05) is 6.07 Å². The van der Waals surface area contributed by atoms with Crippen LogP contribution in [0.4, 0.5) is 0 Å². The lowest BCUT2D eigenvalue weighted by Crippen LogP contribution is -2.36. The number of carbonyl (C=O) groups is 1. The highest BCUT2D eigenvalue weighted by Crippen LogP contribution is 2.18. The fourth-order valence-electron chi connectivity index (χ4n) is 2.21. The van der Waals surface area contributed by atoms with Crippen molar-refractivity contribution in [3.63, 3.8) is 0 Å². The number of hydrogen-bond acceptors (Lipinski definition) is 4. The Morgan fingerprint density at radius 3 is 2.71 bits per heavy atom. The summed E-state index contributed by atoms with van der Waals surface area (Å²) in [6.07, 6.45) is 2.91. The van der Waals surface area contributed by atoms with Gasteiger partial charge in [0.25, 0.3) is 0 Å². The highest BCUT2D eigenvalue weighted by atomic mass is 16.4. The van der Waals surface area contributed by atoms with Crippen LogP contribution in [0.2, 0.25) is 0 Å². The number of aryl methyl sites for hydroxylation is 1. The van der Waals surface area contributed by atoms with Crippen molar-refractivity contribution < 1.29 is 9.90 Å². The van der Waals surface area contributed by atoms with Gasteiger partial charge in [-0.3, -0.25) is 18.8 Å². The third-order valence-corrected chi connectivity index (χ3v) is 3.09. The van der Waals surface area contributed by atoms with Gasteiger partial charge in [0.15, 0.2) is 0 Å². The Balaban J connectivity index is 2.57. The maximum Gasteiger partial charge on any atom is 0.337 e. The van der Waals surface area contributed by atoms with Crippen LogP contribution >= 0.6 is 0 Å². The molecule has 0 aliphatic heterocycles. The molecule has 0 fully saturated rings. The van der Waals surface area contributed by atoms with Gasteiger partial charge in [-0.05, 0) is 12.1 Å². The van der Waals surface area contributed by atoms with E-state index in [1.165, 1.54) is 35.3 Å². The SMILES string of the molecule is Cn1cc(-n2c(=O)c(=O)[nH]c3cccc(C(=O)O)c32)cn1. The lowest BCUT2D eigenvalue weighted by Gasteiger charge is -2.09. The van der Waals surface area contributed by atoms with Gasteiger partial charge >= 0.3 is 17.1 Å². The molecule has 3 aromatic rings. The molecule has 8 nitrogen and oxygen atoms in total. The van der Waals surface area contributed by atoms with Crippen LogP contribution in [0, 0.1) is 0 Å². The minimum Gasteiger partial charge on any atom is -0.478 e. The first-order chi connectivity index (χ1) is 9.99. The summed E-state index contributed by atoms with van der Waals surface area (Å²) < 4.78 is 2.52.